The van der Waals surface area contributed by atoms with Gasteiger partial charge in [-0.1, -0.05) is 23.7 Å². The largest absolute Gasteiger partial charge is 0.484 e. The minimum atomic E-state index is -0.494. The van der Waals surface area contributed by atoms with E-state index in [9.17, 15) is 4.79 Å². The maximum absolute atomic E-state index is 10.6. The van der Waals surface area contributed by atoms with Gasteiger partial charge >= 0.3 is 0 Å². The molecule has 5 nitrogen and oxygen atoms in total. The number of hydrogen-bond donors (Lipinski definition) is 2. The topological polar surface area (TPSA) is 77.2 Å². The summed E-state index contributed by atoms with van der Waals surface area (Å²) in [4.78, 5) is 14.8. The number of halogens is 1. The van der Waals surface area contributed by atoms with Gasteiger partial charge in [0.1, 0.15) is 10.9 Å². The number of rotatable bonds is 6. The molecule has 1 heterocycles. The van der Waals surface area contributed by atoms with Crippen molar-refractivity contribution in [3.63, 3.8) is 0 Å². The first-order chi connectivity index (χ1) is 10.0. The number of anilines is 1. The van der Waals surface area contributed by atoms with Crippen LogP contribution in [0.15, 0.2) is 36.4 Å². The molecule has 21 heavy (non-hydrogen) atoms. The monoisotopic (exact) mass is 305 g/mol. The van der Waals surface area contributed by atoms with Gasteiger partial charge in [-0.25, -0.2) is 4.98 Å². The van der Waals surface area contributed by atoms with Gasteiger partial charge in [0.15, 0.2) is 6.61 Å². The quantitative estimate of drug-likeness (QED) is 0.804. The van der Waals surface area contributed by atoms with Crippen LogP contribution in [-0.2, 0) is 11.3 Å². The lowest BCUT2D eigenvalue weighted by Gasteiger charge is -2.10. The zero-order valence-electron chi connectivity index (χ0n) is 11.6. The molecule has 0 bridgehead atoms. The van der Waals surface area contributed by atoms with Crippen LogP contribution in [0.1, 0.15) is 11.3 Å². The van der Waals surface area contributed by atoms with Crippen molar-refractivity contribution in [2.75, 3.05) is 11.9 Å². The number of aryl methyl sites for hydroxylation is 1. The second kappa shape index (κ2) is 6.95. The summed E-state index contributed by atoms with van der Waals surface area (Å²) in [5.41, 5.74) is 7.89. The predicted octanol–water partition coefficient (Wildman–Crippen LogP) is 2.52. The lowest BCUT2D eigenvalue weighted by atomic mass is 10.2. The molecule has 3 N–H and O–H groups in total. The number of carbonyl (C=O) groups is 1. The van der Waals surface area contributed by atoms with Gasteiger partial charge in [-0.3, -0.25) is 4.79 Å². The lowest BCUT2D eigenvalue weighted by Crippen LogP contribution is -2.19. The molecule has 1 amide bonds. The number of nitrogens with zero attached hydrogens (tertiary/aromatic N) is 1. The SMILES string of the molecule is Cc1nc(Cl)ccc1NCc1ccc(OCC(N)=O)cc1. The van der Waals surface area contributed by atoms with E-state index in [-0.39, 0.29) is 6.61 Å². The van der Waals surface area contributed by atoms with E-state index in [2.05, 4.69) is 10.3 Å². The smallest absolute Gasteiger partial charge is 0.255 e. The number of hydrogen-bond acceptors (Lipinski definition) is 4. The maximum Gasteiger partial charge on any atom is 0.255 e. The van der Waals surface area contributed by atoms with Gasteiger partial charge < -0.3 is 15.8 Å². The molecule has 1 aromatic heterocycles. The highest BCUT2D eigenvalue weighted by atomic mass is 35.5. The average Bonchev–Trinajstić information content (AvgIpc) is 2.45. The normalized spacial score (nSPS) is 10.2. The number of nitrogens with two attached hydrogens (primary N) is 1. The van der Waals surface area contributed by atoms with E-state index in [1.165, 1.54) is 0 Å². The van der Waals surface area contributed by atoms with Crippen molar-refractivity contribution in [1.82, 2.24) is 4.98 Å². The van der Waals surface area contributed by atoms with Crippen LogP contribution < -0.4 is 15.8 Å². The fraction of sp³-hybridized carbons (Fsp3) is 0.200. The summed E-state index contributed by atoms with van der Waals surface area (Å²) in [6.45, 7) is 2.43. The molecule has 2 aromatic rings. The first-order valence-electron chi connectivity index (χ1n) is 6.41. The highest BCUT2D eigenvalue weighted by Crippen LogP contribution is 2.18. The van der Waals surface area contributed by atoms with Gasteiger partial charge in [-0.05, 0) is 36.8 Å². The zero-order chi connectivity index (χ0) is 15.2. The van der Waals surface area contributed by atoms with Crippen molar-refractivity contribution in [3.8, 4) is 5.75 Å². The van der Waals surface area contributed by atoms with Crippen LogP contribution in [0.25, 0.3) is 0 Å². The molecule has 6 heteroatoms. The second-order valence-electron chi connectivity index (χ2n) is 4.52. The van der Waals surface area contributed by atoms with E-state index in [4.69, 9.17) is 22.1 Å². The van der Waals surface area contributed by atoms with Crippen LogP contribution in [0.5, 0.6) is 5.75 Å². The number of aromatic nitrogens is 1. The number of pyridine rings is 1. The maximum atomic E-state index is 10.6. The Bertz CT molecular complexity index is 629. The van der Waals surface area contributed by atoms with Crippen molar-refractivity contribution in [2.45, 2.75) is 13.5 Å². The lowest BCUT2D eigenvalue weighted by molar-refractivity contribution is -0.119. The van der Waals surface area contributed by atoms with Crippen LogP contribution in [0.4, 0.5) is 5.69 Å². The fourth-order valence-corrected chi connectivity index (χ4v) is 1.96. The van der Waals surface area contributed by atoms with E-state index >= 15 is 0 Å². The van der Waals surface area contributed by atoms with Crippen molar-refractivity contribution in [2.24, 2.45) is 5.73 Å². The highest BCUT2D eigenvalue weighted by Gasteiger charge is 2.02. The molecule has 2 rings (SSSR count). The molecular weight excluding hydrogens is 290 g/mol. The Labute approximate surface area is 128 Å². The summed E-state index contributed by atoms with van der Waals surface area (Å²) in [6.07, 6.45) is 0. The Balaban J connectivity index is 1.92. The number of carbonyl (C=O) groups excluding carboxylic acids is 1. The van der Waals surface area contributed by atoms with Crippen LogP contribution in [-0.4, -0.2) is 17.5 Å². The molecular formula is C15H16ClN3O2. The van der Waals surface area contributed by atoms with Crippen molar-refractivity contribution in [1.29, 1.82) is 0 Å². The Morgan fingerprint density at radius 3 is 2.62 bits per heavy atom. The van der Waals surface area contributed by atoms with Gasteiger partial charge in [-0.15, -0.1) is 0 Å². The molecule has 0 saturated carbocycles. The van der Waals surface area contributed by atoms with Gasteiger partial charge in [0.25, 0.3) is 5.91 Å². The summed E-state index contributed by atoms with van der Waals surface area (Å²) in [6, 6.07) is 11.1. The van der Waals surface area contributed by atoms with Gasteiger partial charge in [0.05, 0.1) is 11.4 Å². The number of amides is 1. The minimum Gasteiger partial charge on any atom is -0.484 e. The fourth-order valence-electron chi connectivity index (χ4n) is 1.77. The molecule has 0 atom stereocenters. The predicted molar refractivity (Wildman–Crippen MR) is 82.4 cm³/mol. The number of benzene rings is 1. The molecule has 0 spiro atoms. The third-order valence-corrected chi connectivity index (χ3v) is 3.05. The first kappa shape index (κ1) is 15.1. The molecule has 0 radical (unpaired) electrons. The van der Waals surface area contributed by atoms with E-state index in [0.717, 1.165) is 16.9 Å². The Morgan fingerprint density at radius 2 is 2.00 bits per heavy atom. The molecule has 0 unspecified atom stereocenters. The summed E-state index contributed by atoms with van der Waals surface area (Å²) in [5, 5.41) is 3.77. The van der Waals surface area contributed by atoms with E-state index in [1.54, 1.807) is 18.2 Å². The van der Waals surface area contributed by atoms with Crippen LogP contribution in [0.2, 0.25) is 5.15 Å². The summed E-state index contributed by atoms with van der Waals surface area (Å²) < 4.78 is 5.20. The molecule has 0 aliphatic carbocycles. The Hall–Kier alpha value is -2.27. The number of nitrogens with one attached hydrogen (secondary N) is 1. The molecule has 0 fully saturated rings. The third-order valence-electron chi connectivity index (χ3n) is 2.84. The van der Waals surface area contributed by atoms with Crippen LogP contribution in [0.3, 0.4) is 0 Å². The zero-order valence-corrected chi connectivity index (χ0v) is 12.4. The second-order valence-corrected chi connectivity index (χ2v) is 4.91. The van der Waals surface area contributed by atoms with Gasteiger partial charge in [-0.2, -0.15) is 0 Å². The minimum absolute atomic E-state index is 0.118. The third kappa shape index (κ3) is 4.65. The Kier molecular flexibility index (Phi) is 5.00. The highest BCUT2D eigenvalue weighted by molar-refractivity contribution is 6.29. The number of ether oxygens (including phenoxy) is 1. The van der Waals surface area contributed by atoms with E-state index < -0.39 is 5.91 Å². The molecule has 1 aromatic carbocycles. The average molecular weight is 306 g/mol. The molecule has 0 aliphatic heterocycles. The Morgan fingerprint density at radius 1 is 1.29 bits per heavy atom. The summed E-state index contributed by atoms with van der Waals surface area (Å²) >= 11 is 5.82. The first-order valence-corrected chi connectivity index (χ1v) is 6.79. The summed E-state index contributed by atoms with van der Waals surface area (Å²) in [7, 11) is 0. The van der Waals surface area contributed by atoms with Crippen molar-refractivity contribution in [3.05, 3.63) is 52.8 Å². The van der Waals surface area contributed by atoms with Crippen molar-refractivity contribution < 1.29 is 9.53 Å². The molecule has 110 valence electrons. The van der Waals surface area contributed by atoms with Crippen molar-refractivity contribution >= 4 is 23.2 Å². The molecule has 0 aliphatic rings. The van der Waals surface area contributed by atoms with Gasteiger partial charge in [0, 0.05) is 6.54 Å². The van der Waals surface area contributed by atoms with E-state index in [1.807, 2.05) is 25.1 Å². The van der Waals surface area contributed by atoms with Crippen LogP contribution in [0, 0.1) is 6.92 Å². The standard InChI is InChI=1S/C15H16ClN3O2/c1-10-13(6-7-14(16)19-10)18-8-11-2-4-12(5-3-11)21-9-15(17)20/h2-7,18H,8-9H2,1H3,(H2,17,20). The molecule has 0 saturated heterocycles. The number of primary amides is 1. The van der Waals surface area contributed by atoms with E-state index in [0.29, 0.717) is 17.4 Å². The van der Waals surface area contributed by atoms with Gasteiger partial charge in [0.2, 0.25) is 0 Å². The summed E-state index contributed by atoms with van der Waals surface area (Å²) in [5.74, 6) is 0.119. The van der Waals surface area contributed by atoms with Crippen LogP contribution >= 0.6 is 11.6 Å².